The van der Waals surface area contributed by atoms with Gasteiger partial charge >= 0.3 is 0 Å². The normalized spacial score (nSPS) is 12.1. The predicted octanol–water partition coefficient (Wildman–Crippen LogP) is 3.93. The van der Waals surface area contributed by atoms with Crippen LogP contribution < -0.4 is 5.32 Å². The summed E-state index contributed by atoms with van der Waals surface area (Å²) in [6.07, 6.45) is 0. The molecule has 0 spiro atoms. The van der Waals surface area contributed by atoms with Crippen molar-refractivity contribution in [3.63, 3.8) is 0 Å². The zero-order chi connectivity index (χ0) is 17.1. The molecule has 1 amide bonds. The summed E-state index contributed by atoms with van der Waals surface area (Å²) >= 11 is 2.64. The lowest BCUT2D eigenvalue weighted by Gasteiger charge is -2.10. The van der Waals surface area contributed by atoms with E-state index in [9.17, 15) is 13.6 Å². The number of thioether (sulfide) groups is 1. The molecule has 0 fully saturated rings. The molecule has 124 valence electrons. The van der Waals surface area contributed by atoms with Crippen molar-refractivity contribution in [3.05, 3.63) is 47.3 Å². The molecule has 1 atom stereocenters. The molecule has 0 saturated carbocycles. The van der Waals surface area contributed by atoms with Crippen LogP contribution in [0.15, 0.2) is 40.9 Å². The number of rotatable bonds is 5. The zero-order valence-electron chi connectivity index (χ0n) is 12.4. The van der Waals surface area contributed by atoms with Crippen LogP contribution in [0.2, 0.25) is 0 Å². The third-order valence-electron chi connectivity index (χ3n) is 3.06. The minimum Gasteiger partial charge on any atom is -0.323 e. The lowest BCUT2D eigenvalue weighted by molar-refractivity contribution is -0.115. The van der Waals surface area contributed by atoms with Gasteiger partial charge in [0.15, 0.2) is 5.82 Å². The van der Waals surface area contributed by atoms with E-state index in [1.165, 1.54) is 11.3 Å². The minimum absolute atomic E-state index is 0.193. The van der Waals surface area contributed by atoms with E-state index in [0.717, 1.165) is 34.8 Å². The number of amides is 1. The van der Waals surface area contributed by atoms with Gasteiger partial charge in [0, 0.05) is 6.07 Å². The summed E-state index contributed by atoms with van der Waals surface area (Å²) in [5.74, 6) is -1.16. The van der Waals surface area contributed by atoms with Gasteiger partial charge in [0.1, 0.15) is 11.6 Å². The number of thiophene rings is 1. The van der Waals surface area contributed by atoms with Gasteiger partial charge in [-0.1, -0.05) is 17.8 Å². The summed E-state index contributed by atoms with van der Waals surface area (Å²) in [5, 5.41) is 11.0. The SMILES string of the molecule is CC(Sc1n[nH]c(-c2cccs2)n1)C(=O)Nc1cc(F)ccc1F. The maximum Gasteiger partial charge on any atom is 0.237 e. The van der Waals surface area contributed by atoms with Gasteiger partial charge in [-0.25, -0.2) is 13.8 Å². The summed E-state index contributed by atoms with van der Waals surface area (Å²) in [7, 11) is 0. The zero-order valence-corrected chi connectivity index (χ0v) is 14.0. The van der Waals surface area contributed by atoms with Crippen molar-refractivity contribution in [1.82, 2.24) is 15.2 Å². The first-order valence-corrected chi connectivity index (χ1v) is 8.67. The van der Waals surface area contributed by atoms with Crippen molar-refractivity contribution in [1.29, 1.82) is 0 Å². The molecule has 0 aliphatic heterocycles. The Morgan fingerprint density at radius 3 is 2.96 bits per heavy atom. The highest BCUT2D eigenvalue weighted by molar-refractivity contribution is 8.00. The lowest BCUT2D eigenvalue weighted by Crippen LogP contribution is -2.23. The average Bonchev–Trinajstić information content (AvgIpc) is 3.21. The first-order chi connectivity index (χ1) is 11.5. The molecule has 24 heavy (non-hydrogen) atoms. The number of carbonyl (C=O) groups is 1. The molecule has 2 heterocycles. The molecule has 2 aromatic heterocycles. The summed E-state index contributed by atoms with van der Waals surface area (Å²) in [5.41, 5.74) is -0.193. The van der Waals surface area contributed by atoms with Gasteiger partial charge in [0.2, 0.25) is 11.1 Å². The van der Waals surface area contributed by atoms with E-state index in [1.807, 2.05) is 17.5 Å². The number of hydrogen-bond acceptors (Lipinski definition) is 5. The Hall–Kier alpha value is -2.26. The smallest absolute Gasteiger partial charge is 0.237 e. The first kappa shape index (κ1) is 16.6. The summed E-state index contributed by atoms with van der Waals surface area (Å²) < 4.78 is 26.7. The van der Waals surface area contributed by atoms with Crippen molar-refractivity contribution >= 4 is 34.7 Å². The number of aromatic nitrogens is 3. The van der Waals surface area contributed by atoms with Crippen LogP contribution in [0.4, 0.5) is 14.5 Å². The maximum absolute atomic E-state index is 13.6. The van der Waals surface area contributed by atoms with E-state index in [4.69, 9.17) is 0 Å². The highest BCUT2D eigenvalue weighted by Crippen LogP contribution is 2.26. The van der Waals surface area contributed by atoms with Crippen LogP contribution in [-0.2, 0) is 4.79 Å². The summed E-state index contributed by atoms with van der Waals surface area (Å²) in [4.78, 5) is 17.4. The van der Waals surface area contributed by atoms with Gasteiger partial charge in [-0.2, -0.15) is 0 Å². The molecule has 0 bridgehead atoms. The predicted molar refractivity (Wildman–Crippen MR) is 90.0 cm³/mol. The number of H-pyrrole nitrogens is 1. The van der Waals surface area contributed by atoms with Crippen LogP contribution in [-0.4, -0.2) is 26.3 Å². The standard InChI is InChI=1S/C15H12F2N4OS2/c1-8(14(22)18-11-7-9(16)4-5-10(11)17)24-15-19-13(20-21-15)12-3-2-6-23-12/h2-8H,1H3,(H,18,22)(H,19,20,21). The summed E-state index contributed by atoms with van der Waals surface area (Å²) in [6.45, 7) is 1.64. The van der Waals surface area contributed by atoms with E-state index in [1.54, 1.807) is 6.92 Å². The molecule has 5 nitrogen and oxygen atoms in total. The molecule has 0 aliphatic rings. The van der Waals surface area contributed by atoms with Crippen LogP contribution in [0.1, 0.15) is 6.92 Å². The van der Waals surface area contributed by atoms with Crippen LogP contribution in [0, 0.1) is 11.6 Å². The Morgan fingerprint density at radius 2 is 2.21 bits per heavy atom. The maximum atomic E-state index is 13.6. The Kier molecular flexibility index (Phi) is 4.91. The molecule has 3 aromatic rings. The van der Waals surface area contributed by atoms with Gasteiger partial charge in [-0.15, -0.1) is 16.4 Å². The molecule has 3 rings (SSSR count). The largest absolute Gasteiger partial charge is 0.323 e. The van der Waals surface area contributed by atoms with Crippen molar-refractivity contribution < 1.29 is 13.6 Å². The van der Waals surface area contributed by atoms with Crippen molar-refractivity contribution in [3.8, 4) is 10.7 Å². The number of halogens is 2. The number of nitrogens with one attached hydrogen (secondary N) is 2. The second kappa shape index (κ2) is 7.10. The van der Waals surface area contributed by atoms with Crippen molar-refractivity contribution in [2.24, 2.45) is 0 Å². The second-order valence-corrected chi connectivity index (χ2v) is 7.07. The number of anilines is 1. The fourth-order valence-corrected chi connectivity index (χ4v) is 3.25. The van der Waals surface area contributed by atoms with Gasteiger partial charge in [-0.05, 0) is 30.5 Å². The van der Waals surface area contributed by atoms with Gasteiger partial charge in [-0.3, -0.25) is 9.89 Å². The topological polar surface area (TPSA) is 70.7 Å². The Balaban J connectivity index is 1.65. The number of hydrogen-bond donors (Lipinski definition) is 2. The number of nitrogens with zero attached hydrogens (tertiary/aromatic N) is 2. The van der Waals surface area contributed by atoms with Gasteiger partial charge < -0.3 is 5.32 Å². The Labute approximate surface area is 144 Å². The van der Waals surface area contributed by atoms with E-state index < -0.39 is 22.8 Å². The van der Waals surface area contributed by atoms with Gasteiger partial charge in [0.25, 0.3) is 0 Å². The highest BCUT2D eigenvalue weighted by Gasteiger charge is 2.19. The van der Waals surface area contributed by atoms with Crippen LogP contribution in [0.25, 0.3) is 10.7 Å². The molecular formula is C15H12F2N4OS2. The third-order valence-corrected chi connectivity index (χ3v) is 4.89. The van der Waals surface area contributed by atoms with Crippen LogP contribution in [0.5, 0.6) is 0 Å². The molecule has 9 heteroatoms. The summed E-state index contributed by atoms with van der Waals surface area (Å²) in [6, 6.07) is 6.70. The number of aromatic amines is 1. The molecular weight excluding hydrogens is 354 g/mol. The Morgan fingerprint density at radius 1 is 1.38 bits per heavy atom. The molecule has 0 radical (unpaired) electrons. The van der Waals surface area contributed by atoms with E-state index in [2.05, 4.69) is 20.5 Å². The quantitative estimate of drug-likeness (QED) is 0.671. The van der Waals surface area contributed by atoms with Gasteiger partial charge in [0.05, 0.1) is 15.8 Å². The molecule has 1 aromatic carbocycles. The molecule has 2 N–H and O–H groups in total. The molecule has 0 saturated heterocycles. The van der Waals surface area contributed by atoms with Crippen molar-refractivity contribution in [2.45, 2.75) is 17.3 Å². The Bertz CT molecular complexity index is 851. The number of benzene rings is 1. The highest BCUT2D eigenvalue weighted by atomic mass is 32.2. The lowest BCUT2D eigenvalue weighted by atomic mass is 10.3. The third kappa shape index (κ3) is 3.80. The average molecular weight is 366 g/mol. The van der Waals surface area contributed by atoms with E-state index in [0.29, 0.717) is 11.0 Å². The molecule has 1 unspecified atom stereocenters. The fraction of sp³-hybridized carbons (Fsp3) is 0.133. The first-order valence-electron chi connectivity index (χ1n) is 6.92. The fourth-order valence-electron chi connectivity index (χ4n) is 1.86. The minimum atomic E-state index is -0.695. The second-order valence-electron chi connectivity index (χ2n) is 4.82. The van der Waals surface area contributed by atoms with E-state index >= 15 is 0 Å². The van der Waals surface area contributed by atoms with Crippen LogP contribution in [0.3, 0.4) is 0 Å². The monoisotopic (exact) mass is 366 g/mol. The van der Waals surface area contributed by atoms with Crippen molar-refractivity contribution in [2.75, 3.05) is 5.32 Å². The molecule has 0 aliphatic carbocycles. The number of carbonyl (C=O) groups excluding carboxylic acids is 1. The van der Waals surface area contributed by atoms with Crippen LogP contribution >= 0.6 is 23.1 Å². The van der Waals surface area contributed by atoms with E-state index in [-0.39, 0.29) is 5.69 Å².